The molecule has 0 N–H and O–H groups in total. The number of carbonyl (C=O) groups excluding carboxylic acids is 1. The van der Waals surface area contributed by atoms with Crippen LogP contribution >= 0.6 is 0 Å². The van der Waals surface area contributed by atoms with Gasteiger partial charge in [-0.15, -0.1) is 0 Å². The van der Waals surface area contributed by atoms with Crippen molar-refractivity contribution in [1.82, 2.24) is 0 Å². The predicted molar refractivity (Wildman–Crippen MR) is 67.8 cm³/mol. The molecular formula is C14H24O3. The molecule has 0 saturated heterocycles. The van der Waals surface area contributed by atoms with E-state index in [-0.39, 0.29) is 17.7 Å². The van der Waals surface area contributed by atoms with E-state index in [2.05, 4.69) is 20.4 Å². The highest BCUT2D eigenvalue weighted by Crippen LogP contribution is 2.37. The van der Waals surface area contributed by atoms with Gasteiger partial charge in [0.2, 0.25) is 0 Å². The molecule has 0 amide bonds. The van der Waals surface area contributed by atoms with Crippen LogP contribution < -0.4 is 0 Å². The molecule has 1 aliphatic rings. The van der Waals surface area contributed by atoms with Gasteiger partial charge in [0.25, 0.3) is 0 Å². The minimum atomic E-state index is -0.318. The van der Waals surface area contributed by atoms with Crippen LogP contribution in [0.4, 0.5) is 0 Å². The highest BCUT2D eigenvalue weighted by Gasteiger charge is 2.41. The average Bonchev–Trinajstić information content (AvgIpc) is 2.73. The van der Waals surface area contributed by atoms with Crippen LogP contribution in [-0.2, 0) is 14.3 Å². The normalized spacial score (nSPS) is 28.0. The number of rotatable bonds is 7. The van der Waals surface area contributed by atoms with Crippen LogP contribution in [0.25, 0.3) is 0 Å². The van der Waals surface area contributed by atoms with Crippen LogP contribution in [-0.4, -0.2) is 24.3 Å². The first-order valence-corrected chi connectivity index (χ1v) is 6.63. The van der Waals surface area contributed by atoms with Gasteiger partial charge in [0.15, 0.2) is 0 Å². The van der Waals surface area contributed by atoms with Gasteiger partial charge in [-0.25, -0.2) is 4.79 Å². The van der Waals surface area contributed by atoms with Crippen LogP contribution in [0, 0.1) is 0 Å². The van der Waals surface area contributed by atoms with Crippen molar-refractivity contribution in [1.29, 1.82) is 0 Å². The van der Waals surface area contributed by atoms with E-state index in [0.29, 0.717) is 0 Å². The summed E-state index contributed by atoms with van der Waals surface area (Å²) < 4.78 is 11.3. The number of ether oxygens (including phenoxy) is 2. The number of unbranched alkanes of at least 4 members (excludes halogenated alkanes) is 1. The van der Waals surface area contributed by atoms with E-state index in [1.807, 2.05) is 0 Å². The summed E-state index contributed by atoms with van der Waals surface area (Å²) in [6, 6.07) is 0. The highest BCUT2D eigenvalue weighted by atomic mass is 16.6. The maximum atomic E-state index is 11.3. The molecule has 98 valence electrons. The first-order valence-electron chi connectivity index (χ1n) is 6.63. The van der Waals surface area contributed by atoms with E-state index in [1.54, 1.807) is 0 Å². The van der Waals surface area contributed by atoms with E-state index in [0.717, 1.165) is 45.1 Å². The maximum absolute atomic E-state index is 11.3. The molecule has 1 rings (SSSR count). The third-order valence-corrected chi connectivity index (χ3v) is 3.50. The predicted octanol–water partition coefficient (Wildman–Crippen LogP) is 3.23. The van der Waals surface area contributed by atoms with E-state index in [1.165, 1.54) is 6.08 Å². The summed E-state index contributed by atoms with van der Waals surface area (Å²) in [6.45, 7) is 8.47. The van der Waals surface area contributed by atoms with Crippen LogP contribution in [0.2, 0.25) is 0 Å². The van der Waals surface area contributed by atoms with E-state index >= 15 is 0 Å². The van der Waals surface area contributed by atoms with Crippen LogP contribution in [0.15, 0.2) is 12.7 Å². The summed E-state index contributed by atoms with van der Waals surface area (Å²) in [6.07, 6.45) is 7.30. The van der Waals surface area contributed by atoms with Crippen molar-refractivity contribution >= 4 is 5.97 Å². The van der Waals surface area contributed by atoms with Gasteiger partial charge in [-0.1, -0.05) is 26.8 Å². The van der Waals surface area contributed by atoms with Gasteiger partial charge in [-0.3, -0.25) is 0 Å². The van der Waals surface area contributed by atoms with Gasteiger partial charge in [0.1, 0.15) is 5.60 Å². The smallest absolute Gasteiger partial charge is 0.330 e. The zero-order valence-corrected chi connectivity index (χ0v) is 11.0. The van der Waals surface area contributed by atoms with Crippen molar-refractivity contribution in [2.45, 2.75) is 64.1 Å². The lowest BCUT2D eigenvalue weighted by Gasteiger charge is -2.27. The first kappa shape index (κ1) is 14.2. The van der Waals surface area contributed by atoms with Crippen LogP contribution in [0.1, 0.15) is 52.4 Å². The summed E-state index contributed by atoms with van der Waals surface area (Å²) in [7, 11) is 0. The topological polar surface area (TPSA) is 35.5 Å². The molecule has 0 radical (unpaired) electrons. The van der Waals surface area contributed by atoms with Crippen LogP contribution in [0.5, 0.6) is 0 Å². The third kappa shape index (κ3) is 4.15. The van der Waals surface area contributed by atoms with Gasteiger partial charge in [0, 0.05) is 19.1 Å². The summed E-state index contributed by atoms with van der Waals surface area (Å²) in [5.74, 6) is -0.318. The molecule has 2 unspecified atom stereocenters. The molecule has 1 fully saturated rings. The third-order valence-electron chi connectivity index (χ3n) is 3.50. The summed E-state index contributed by atoms with van der Waals surface area (Å²) in [5, 5.41) is 0. The molecule has 0 aromatic heterocycles. The van der Waals surface area contributed by atoms with E-state index in [4.69, 9.17) is 9.47 Å². The molecule has 17 heavy (non-hydrogen) atoms. The second kappa shape index (κ2) is 6.80. The van der Waals surface area contributed by atoms with E-state index < -0.39 is 0 Å². The Bertz CT molecular complexity index is 262. The lowest BCUT2D eigenvalue weighted by Crippen LogP contribution is -2.32. The van der Waals surface area contributed by atoms with Crippen molar-refractivity contribution in [2.24, 2.45) is 0 Å². The standard InChI is InChI=1S/C14H24O3/c1-4-7-10-16-12-8-9-14(6-3,11-12)17-13(15)5-2/h5,12H,2,4,6-11H2,1,3H3. The molecule has 0 heterocycles. The van der Waals surface area contributed by atoms with Crippen LogP contribution in [0.3, 0.4) is 0 Å². The Balaban J connectivity index is 2.43. The zero-order valence-electron chi connectivity index (χ0n) is 11.0. The second-order valence-corrected chi connectivity index (χ2v) is 4.75. The lowest BCUT2D eigenvalue weighted by atomic mass is 9.98. The summed E-state index contributed by atoms with van der Waals surface area (Å²) in [4.78, 5) is 11.3. The fourth-order valence-corrected chi connectivity index (χ4v) is 2.32. The number of hydrogen-bond acceptors (Lipinski definition) is 3. The highest BCUT2D eigenvalue weighted by molar-refractivity contribution is 5.81. The van der Waals surface area contributed by atoms with Crippen molar-refractivity contribution in [3.63, 3.8) is 0 Å². The molecule has 0 bridgehead atoms. The Morgan fingerprint density at radius 1 is 1.53 bits per heavy atom. The Kier molecular flexibility index (Phi) is 5.69. The molecule has 2 atom stereocenters. The Morgan fingerprint density at radius 3 is 2.88 bits per heavy atom. The zero-order chi connectivity index (χ0) is 12.7. The largest absolute Gasteiger partial charge is 0.456 e. The molecule has 0 spiro atoms. The fraction of sp³-hybridized carbons (Fsp3) is 0.786. The van der Waals surface area contributed by atoms with Gasteiger partial charge in [-0.05, 0) is 25.7 Å². The average molecular weight is 240 g/mol. The minimum Gasteiger partial charge on any atom is -0.456 e. The SMILES string of the molecule is C=CC(=O)OC1(CC)CCC(OCCCC)C1. The van der Waals surface area contributed by atoms with Gasteiger partial charge in [-0.2, -0.15) is 0 Å². The molecule has 0 aliphatic heterocycles. The number of carbonyl (C=O) groups is 1. The first-order chi connectivity index (χ1) is 8.15. The Morgan fingerprint density at radius 2 is 2.29 bits per heavy atom. The molecule has 3 heteroatoms. The molecule has 1 aliphatic carbocycles. The fourth-order valence-electron chi connectivity index (χ4n) is 2.32. The van der Waals surface area contributed by atoms with E-state index in [9.17, 15) is 4.79 Å². The molecular weight excluding hydrogens is 216 g/mol. The maximum Gasteiger partial charge on any atom is 0.330 e. The van der Waals surface area contributed by atoms with Gasteiger partial charge in [0.05, 0.1) is 6.10 Å². The lowest BCUT2D eigenvalue weighted by molar-refractivity contribution is -0.154. The Labute approximate surface area is 104 Å². The summed E-state index contributed by atoms with van der Waals surface area (Å²) >= 11 is 0. The molecule has 3 nitrogen and oxygen atoms in total. The van der Waals surface area contributed by atoms with Gasteiger partial charge < -0.3 is 9.47 Å². The minimum absolute atomic E-state index is 0.249. The van der Waals surface area contributed by atoms with Crippen molar-refractivity contribution in [3.8, 4) is 0 Å². The van der Waals surface area contributed by atoms with Gasteiger partial charge >= 0.3 is 5.97 Å². The molecule has 0 aromatic carbocycles. The number of esters is 1. The summed E-state index contributed by atoms with van der Waals surface area (Å²) in [5.41, 5.74) is -0.317. The number of hydrogen-bond donors (Lipinski definition) is 0. The van der Waals surface area contributed by atoms with Crippen molar-refractivity contribution in [2.75, 3.05) is 6.61 Å². The Hall–Kier alpha value is -0.830. The van der Waals surface area contributed by atoms with Crippen molar-refractivity contribution < 1.29 is 14.3 Å². The molecule has 1 saturated carbocycles. The monoisotopic (exact) mass is 240 g/mol. The molecule has 0 aromatic rings. The van der Waals surface area contributed by atoms with Crippen molar-refractivity contribution in [3.05, 3.63) is 12.7 Å². The quantitative estimate of drug-likeness (QED) is 0.389. The second-order valence-electron chi connectivity index (χ2n) is 4.75.